The van der Waals surface area contributed by atoms with Crippen LogP contribution in [0.3, 0.4) is 0 Å². The minimum atomic E-state index is -0.141. The minimum absolute atomic E-state index is 0.0325. The van der Waals surface area contributed by atoms with E-state index in [1.54, 1.807) is 0 Å². The standard InChI is InChI=1S/C16H26N2O2/c1-4-7-13(10-17)16(19)18-14-8-5-6-9-15(14)20-11-12(2)3/h5-6,8-9,12-13H,4,7,10-11,17H2,1-3H3,(H,18,19). The molecule has 3 N–H and O–H groups in total. The van der Waals surface area contributed by atoms with Crippen LogP contribution in [0.15, 0.2) is 24.3 Å². The first-order chi connectivity index (χ1) is 9.58. The molecule has 0 aliphatic carbocycles. The summed E-state index contributed by atoms with van der Waals surface area (Å²) < 4.78 is 5.73. The fourth-order valence-electron chi connectivity index (χ4n) is 1.89. The number of nitrogens with two attached hydrogens (primary N) is 1. The molecule has 0 saturated carbocycles. The summed E-state index contributed by atoms with van der Waals surface area (Å²) in [5.41, 5.74) is 6.37. The summed E-state index contributed by atoms with van der Waals surface area (Å²) in [4.78, 5) is 12.2. The number of carbonyl (C=O) groups excluding carboxylic acids is 1. The summed E-state index contributed by atoms with van der Waals surface area (Å²) in [6, 6.07) is 7.51. The van der Waals surface area contributed by atoms with Crippen molar-refractivity contribution < 1.29 is 9.53 Å². The molecule has 4 nitrogen and oxygen atoms in total. The Morgan fingerprint density at radius 3 is 2.65 bits per heavy atom. The molecule has 20 heavy (non-hydrogen) atoms. The van der Waals surface area contributed by atoms with Gasteiger partial charge < -0.3 is 15.8 Å². The van der Waals surface area contributed by atoms with Gasteiger partial charge in [0.25, 0.3) is 0 Å². The van der Waals surface area contributed by atoms with E-state index in [0.717, 1.165) is 12.8 Å². The Bertz CT molecular complexity index is 419. The molecule has 1 rings (SSSR count). The number of amides is 1. The van der Waals surface area contributed by atoms with Crippen LogP contribution in [0, 0.1) is 11.8 Å². The Labute approximate surface area is 121 Å². The van der Waals surface area contributed by atoms with Crippen molar-refractivity contribution in [3.05, 3.63) is 24.3 Å². The molecule has 1 aromatic carbocycles. The van der Waals surface area contributed by atoms with Gasteiger partial charge in [0, 0.05) is 6.54 Å². The van der Waals surface area contributed by atoms with Gasteiger partial charge in [-0.25, -0.2) is 0 Å². The number of carbonyl (C=O) groups is 1. The molecule has 0 aliphatic heterocycles. The fourth-order valence-corrected chi connectivity index (χ4v) is 1.89. The minimum Gasteiger partial charge on any atom is -0.491 e. The first-order valence-corrected chi connectivity index (χ1v) is 7.31. The third-order valence-electron chi connectivity index (χ3n) is 3.01. The second-order valence-corrected chi connectivity index (χ2v) is 5.41. The Balaban J connectivity index is 2.73. The highest BCUT2D eigenvalue weighted by molar-refractivity contribution is 5.94. The predicted molar refractivity (Wildman–Crippen MR) is 82.9 cm³/mol. The van der Waals surface area contributed by atoms with Gasteiger partial charge in [-0.2, -0.15) is 0 Å². The van der Waals surface area contributed by atoms with Gasteiger partial charge in [-0.3, -0.25) is 4.79 Å². The summed E-state index contributed by atoms with van der Waals surface area (Å²) in [7, 11) is 0. The molecule has 1 aromatic rings. The highest BCUT2D eigenvalue weighted by Crippen LogP contribution is 2.25. The molecule has 4 heteroatoms. The normalized spacial score (nSPS) is 12.2. The number of rotatable bonds is 8. The molecule has 112 valence electrons. The maximum Gasteiger partial charge on any atom is 0.228 e. The molecule has 0 radical (unpaired) electrons. The number of benzene rings is 1. The molecule has 0 aliphatic rings. The number of nitrogens with one attached hydrogen (secondary N) is 1. The maximum atomic E-state index is 12.2. The van der Waals surface area contributed by atoms with Crippen LogP contribution in [-0.4, -0.2) is 19.1 Å². The van der Waals surface area contributed by atoms with E-state index in [1.165, 1.54) is 0 Å². The lowest BCUT2D eigenvalue weighted by atomic mass is 10.0. The lowest BCUT2D eigenvalue weighted by Crippen LogP contribution is -2.29. The third kappa shape index (κ3) is 5.21. The van der Waals surface area contributed by atoms with Crippen molar-refractivity contribution in [2.75, 3.05) is 18.5 Å². The molecule has 1 amide bonds. The van der Waals surface area contributed by atoms with Crippen molar-refractivity contribution in [1.29, 1.82) is 0 Å². The van der Waals surface area contributed by atoms with E-state index in [-0.39, 0.29) is 11.8 Å². The second-order valence-electron chi connectivity index (χ2n) is 5.41. The van der Waals surface area contributed by atoms with Gasteiger partial charge in [0.2, 0.25) is 5.91 Å². The SMILES string of the molecule is CCCC(CN)C(=O)Nc1ccccc1OCC(C)C. The number of para-hydroxylation sites is 2. The van der Waals surface area contributed by atoms with Crippen LogP contribution < -0.4 is 15.8 Å². The van der Waals surface area contributed by atoms with E-state index in [1.807, 2.05) is 24.3 Å². The van der Waals surface area contributed by atoms with Crippen molar-refractivity contribution in [2.45, 2.75) is 33.6 Å². The van der Waals surface area contributed by atoms with Crippen molar-refractivity contribution in [3.8, 4) is 5.75 Å². The Hall–Kier alpha value is -1.55. The summed E-state index contributed by atoms with van der Waals surface area (Å²) in [5, 5.41) is 2.93. The summed E-state index contributed by atoms with van der Waals surface area (Å²) >= 11 is 0. The Morgan fingerprint density at radius 2 is 2.05 bits per heavy atom. The van der Waals surface area contributed by atoms with Crippen LogP contribution in [0.4, 0.5) is 5.69 Å². The third-order valence-corrected chi connectivity index (χ3v) is 3.01. The lowest BCUT2D eigenvalue weighted by Gasteiger charge is -2.17. The topological polar surface area (TPSA) is 64.4 Å². The van der Waals surface area contributed by atoms with Crippen LogP contribution in [0.1, 0.15) is 33.6 Å². The van der Waals surface area contributed by atoms with E-state index < -0.39 is 0 Å². The Kier molecular flexibility index (Phi) is 7.09. The average Bonchev–Trinajstić information content (AvgIpc) is 2.43. The predicted octanol–water partition coefficient (Wildman–Crippen LogP) is 3.03. The van der Waals surface area contributed by atoms with Gasteiger partial charge in [0.1, 0.15) is 5.75 Å². The molecule has 0 fully saturated rings. The summed E-state index contributed by atoms with van der Waals surface area (Å²) in [6.07, 6.45) is 1.75. The molecule has 0 saturated heterocycles. The van der Waals surface area contributed by atoms with E-state index in [4.69, 9.17) is 10.5 Å². The average molecular weight is 278 g/mol. The molecular formula is C16H26N2O2. The highest BCUT2D eigenvalue weighted by atomic mass is 16.5. The van der Waals surface area contributed by atoms with E-state index in [9.17, 15) is 4.79 Å². The van der Waals surface area contributed by atoms with Gasteiger partial charge in [-0.1, -0.05) is 39.3 Å². The number of hydrogen-bond donors (Lipinski definition) is 2. The van der Waals surface area contributed by atoms with Gasteiger partial charge in [0.05, 0.1) is 18.2 Å². The molecule has 1 unspecified atom stereocenters. The highest BCUT2D eigenvalue weighted by Gasteiger charge is 2.17. The maximum absolute atomic E-state index is 12.2. The smallest absolute Gasteiger partial charge is 0.228 e. The first kappa shape index (κ1) is 16.5. The van der Waals surface area contributed by atoms with E-state index in [2.05, 4.69) is 26.1 Å². The quantitative estimate of drug-likeness (QED) is 0.768. The van der Waals surface area contributed by atoms with E-state index >= 15 is 0 Å². The molecule has 1 atom stereocenters. The van der Waals surface area contributed by atoms with Crippen molar-refractivity contribution in [1.82, 2.24) is 0 Å². The van der Waals surface area contributed by atoms with E-state index in [0.29, 0.717) is 30.5 Å². The molecule has 0 aromatic heterocycles. The fraction of sp³-hybridized carbons (Fsp3) is 0.562. The largest absolute Gasteiger partial charge is 0.491 e. The van der Waals surface area contributed by atoms with Gasteiger partial charge in [-0.15, -0.1) is 0 Å². The zero-order valence-electron chi connectivity index (χ0n) is 12.7. The van der Waals surface area contributed by atoms with Crippen LogP contribution >= 0.6 is 0 Å². The molecule has 0 spiro atoms. The second kappa shape index (κ2) is 8.59. The van der Waals surface area contributed by atoms with Crippen molar-refractivity contribution in [3.63, 3.8) is 0 Å². The zero-order chi connectivity index (χ0) is 15.0. The van der Waals surface area contributed by atoms with Gasteiger partial charge >= 0.3 is 0 Å². The monoisotopic (exact) mass is 278 g/mol. The molecular weight excluding hydrogens is 252 g/mol. The summed E-state index contributed by atoms with van der Waals surface area (Å²) in [5.74, 6) is 0.977. The van der Waals surface area contributed by atoms with Gasteiger partial charge in [0.15, 0.2) is 0 Å². The van der Waals surface area contributed by atoms with Crippen LogP contribution in [0.25, 0.3) is 0 Å². The summed E-state index contributed by atoms with van der Waals surface area (Å²) in [6.45, 7) is 7.23. The van der Waals surface area contributed by atoms with Crippen molar-refractivity contribution in [2.24, 2.45) is 17.6 Å². The number of anilines is 1. The Morgan fingerprint density at radius 1 is 1.35 bits per heavy atom. The van der Waals surface area contributed by atoms with Crippen LogP contribution in [0.2, 0.25) is 0 Å². The van der Waals surface area contributed by atoms with Crippen LogP contribution in [0.5, 0.6) is 5.75 Å². The number of hydrogen-bond acceptors (Lipinski definition) is 3. The zero-order valence-corrected chi connectivity index (χ0v) is 12.7. The number of ether oxygens (including phenoxy) is 1. The molecule has 0 heterocycles. The van der Waals surface area contributed by atoms with Crippen molar-refractivity contribution >= 4 is 11.6 Å². The van der Waals surface area contributed by atoms with Crippen LogP contribution in [-0.2, 0) is 4.79 Å². The van der Waals surface area contributed by atoms with Gasteiger partial charge in [-0.05, 0) is 24.5 Å². The molecule has 0 bridgehead atoms. The first-order valence-electron chi connectivity index (χ1n) is 7.31. The lowest BCUT2D eigenvalue weighted by molar-refractivity contribution is -0.119.